The van der Waals surface area contributed by atoms with Crippen LogP contribution in [0.3, 0.4) is 0 Å². The van der Waals surface area contributed by atoms with Crippen molar-refractivity contribution >= 4 is 16.3 Å². The van der Waals surface area contributed by atoms with Crippen molar-refractivity contribution < 1.29 is 4.39 Å². The third kappa shape index (κ3) is 1.53. The lowest BCUT2D eigenvalue weighted by molar-refractivity contribution is 0.643. The lowest BCUT2D eigenvalue weighted by Crippen LogP contribution is -1.92. The molecule has 0 spiro atoms. The van der Waals surface area contributed by atoms with E-state index in [1.807, 2.05) is 54.7 Å². The number of pyridine rings is 1. The molecular weight excluding hydrogens is 251 g/mol. The maximum absolute atomic E-state index is 14.8. The summed E-state index contributed by atoms with van der Waals surface area (Å²) in [5.41, 5.74) is 2.31. The molecule has 0 unspecified atom stereocenters. The van der Waals surface area contributed by atoms with Gasteiger partial charge in [0.15, 0.2) is 5.82 Å². The van der Waals surface area contributed by atoms with Crippen molar-refractivity contribution in [3.05, 3.63) is 72.8 Å². The standard InChI is InChI=1S/C17H11FN2/c18-16-14-9-5-4-8-13(14)11-20-17(16)15(10-19-20)12-6-2-1-3-7-12/h1-11H. The molecule has 2 aromatic heterocycles. The molecule has 0 saturated carbocycles. The van der Waals surface area contributed by atoms with Gasteiger partial charge in [-0.25, -0.2) is 8.91 Å². The minimum absolute atomic E-state index is 0.223. The molecule has 0 radical (unpaired) electrons. The molecule has 2 aromatic carbocycles. The zero-order valence-electron chi connectivity index (χ0n) is 10.6. The number of fused-ring (bicyclic) bond motifs is 2. The monoisotopic (exact) mass is 262 g/mol. The van der Waals surface area contributed by atoms with Crippen LogP contribution in [-0.4, -0.2) is 9.61 Å². The molecule has 96 valence electrons. The summed E-state index contributed by atoms with van der Waals surface area (Å²) in [5, 5.41) is 5.75. The van der Waals surface area contributed by atoms with Crippen LogP contribution in [-0.2, 0) is 0 Å². The zero-order valence-corrected chi connectivity index (χ0v) is 10.6. The molecule has 2 heterocycles. The fraction of sp³-hybridized carbons (Fsp3) is 0. The third-order valence-electron chi connectivity index (χ3n) is 3.55. The van der Waals surface area contributed by atoms with Crippen LogP contribution in [0.4, 0.5) is 4.39 Å². The quantitative estimate of drug-likeness (QED) is 0.500. The van der Waals surface area contributed by atoms with E-state index in [1.165, 1.54) is 0 Å². The number of hydrogen-bond acceptors (Lipinski definition) is 1. The summed E-state index contributed by atoms with van der Waals surface area (Å²) in [6, 6.07) is 17.2. The summed E-state index contributed by atoms with van der Waals surface area (Å²) in [5.74, 6) is -0.223. The second-order valence-corrected chi connectivity index (χ2v) is 4.75. The second kappa shape index (κ2) is 4.17. The van der Waals surface area contributed by atoms with E-state index in [-0.39, 0.29) is 5.82 Å². The van der Waals surface area contributed by atoms with Crippen LogP contribution in [0.15, 0.2) is 67.0 Å². The molecule has 0 aliphatic heterocycles. The van der Waals surface area contributed by atoms with E-state index in [0.717, 1.165) is 16.5 Å². The Labute approximate surface area is 115 Å². The van der Waals surface area contributed by atoms with Gasteiger partial charge in [0, 0.05) is 22.5 Å². The van der Waals surface area contributed by atoms with Crippen LogP contribution in [0.5, 0.6) is 0 Å². The van der Waals surface area contributed by atoms with Crippen LogP contribution in [0.1, 0.15) is 0 Å². The minimum Gasteiger partial charge on any atom is -0.237 e. The largest absolute Gasteiger partial charge is 0.237 e. The van der Waals surface area contributed by atoms with E-state index >= 15 is 0 Å². The minimum atomic E-state index is -0.223. The highest BCUT2D eigenvalue weighted by molar-refractivity contribution is 5.91. The first-order valence-electron chi connectivity index (χ1n) is 6.44. The molecule has 3 heteroatoms. The molecule has 2 nitrogen and oxygen atoms in total. The number of aromatic nitrogens is 2. The number of halogens is 1. The van der Waals surface area contributed by atoms with Gasteiger partial charge >= 0.3 is 0 Å². The fourth-order valence-corrected chi connectivity index (χ4v) is 2.58. The number of nitrogens with zero attached hydrogens (tertiary/aromatic N) is 2. The van der Waals surface area contributed by atoms with Crippen molar-refractivity contribution in [1.82, 2.24) is 9.61 Å². The normalized spacial score (nSPS) is 11.2. The first kappa shape index (κ1) is 11.2. The van der Waals surface area contributed by atoms with Crippen molar-refractivity contribution in [1.29, 1.82) is 0 Å². The van der Waals surface area contributed by atoms with Gasteiger partial charge in [-0.1, -0.05) is 54.6 Å². The highest BCUT2D eigenvalue weighted by atomic mass is 19.1. The lowest BCUT2D eigenvalue weighted by Gasteiger charge is -2.04. The Morgan fingerprint density at radius 2 is 1.65 bits per heavy atom. The van der Waals surface area contributed by atoms with Crippen molar-refractivity contribution in [2.24, 2.45) is 0 Å². The van der Waals surface area contributed by atoms with Gasteiger partial charge in [0.05, 0.1) is 6.20 Å². The molecule has 0 saturated heterocycles. The maximum Gasteiger partial charge on any atom is 0.157 e. The molecule has 0 aliphatic rings. The Hall–Kier alpha value is -2.68. The van der Waals surface area contributed by atoms with Gasteiger partial charge in [-0.2, -0.15) is 5.10 Å². The average molecular weight is 262 g/mol. The smallest absolute Gasteiger partial charge is 0.157 e. The van der Waals surface area contributed by atoms with Crippen LogP contribution in [0.25, 0.3) is 27.4 Å². The van der Waals surface area contributed by atoms with Crippen LogP contribution >= 0.6 is 0 Å². The second-order valence-electron chi connectivity index (χ2n) is 4.75. The molecule has 0 N–H and O–H groups in total. The Balaban J connectivity index is 2.12. The van der Waals surface area contributed by atoms with Gasteiger partial charge in [0.25, 0.3) is 0 Å². The SMILES string of the molecule is Fc1c2ccccc2cn2ncc(-c3ccccc3)c12. The van der Waals surface area contributed by atoms with Crippen molar-refractivity contribution in [3.63, 3.8) is 0 Å². The predicted octanol–water partition coefficient (Wildman–Crippen LogP) is 4.29. The topological polar surface area (TPSA) is 17.3 Å². The van der Waals surface area contributed by atoms with Gasteiger partial charge in [-0.15, -0.1) is 0 Å². The average Bonchev–Trinajstić information content (AvgIpc) is 2.92. The Morgan fingerprint density at radius 3 is 2.50 bits per heavy atom. The van der Waals surface area contributed by atoms with Crippen LogP contribution in [0.2, 0.25) is 0 Å². The van der Waals surface area contributed by atoms with Gasteiger partial charge in [0.1, 0.15) is 5.52 Å². The molecule has 20 heavy (non-hydrogen) atoms. The molecule has 0 aliphatic carbocycles. The fourth-order valence-electron chi connectivity index (χ4n) is 2.58. The van der Waals surface area contributed by atoms with Gasteiger partial charge < -0.3 is 0 Å². The molecule has 4 aromatic rings. The number of hydrogen-bond donors (Lipinski definition) is 0. The first-order chi connectivity index (χ1) is 9.84. The summed E-state index contributed by atoms with van der Waals surface area (Å²) in [4.78, 5) is 0. The molecule has 0 amide bonds. The lowest BCUT2D eigenvalue weighted by atomic mass is 10.1. The van der Waals surface area contributed by atoms with E-state index in [0.29, 0.717) is 10.9 Å². The van der Waals surface area contributed by atoms with Crippen molar-refractivity contribution in [2.75, 3.05) is 0 Å². The third-order valence-corrected chi connectivity index (χ3v) is 3.55. The predicted molar refractivity (Wildman–Crippen MR) is 78.1 cm³/mol. The van der Waals surface area contributed by atoms with E-state index < -0.39 is 0 Å². The summed E-state index contributed by atoms with van der Waals surface area (Å²) < 4.78 is 16.4. The highest BCUT2D eigenvalue weighted by Crippen LogP contribution is 2.30. The highest BCUT2D eigenvalue weighted by Gasteiger charge is 2.14. The van der Waals surface area contributed by atoms with E-state index in [9.17, 15) is 4.39 Å². The molecule has 0 atom stereocenters. The Bertz CT molecular complexity index is 910. The van der Waals surface area contributed by atoms with Gasteiger partial charge in [-0.3, -0.25) is 0 Å². The number of rotatable bonds is 1. The molecule has 0 fully saturated rings. The first-order valence-corrected chi connectivity index (χ1v) is 6.44. The molecule has 4 rings (SSSR count). The van der Waals surface area contributed by atoms with Gasteiger partial charge in [-0.05, 0) is 5.56 Å². The zero-order chi connectivity index (χ0) is 13.5. The van der Waals surface area contributed by atoms with Crippen LogP contribution in [0, 0.1) is 5.82 Å². The van der Waals surface area contributed by atoms with E-state index in [2.05, 4.69) is 5.10 Å². The Morgan fingerprint density at radius 1 is 0.900 bits per heavy atom. The summed E-state index contributed by atoms with van der Waals surface area (Å²) >= 11 is 0. The summed E-state index contributed by atoms with van der Waals surface area (Å²) in [6.07, 6.45) is 3.58. The van der Waals surface area contributed by atoms with E-state index in [4.69, 9.17) is 0 Å². The van der Waals surface area contributed by atoms with Gasteiger partial charge in [0.2, 0.25) is 0 Å². The van der Waals surface area contributed by atoms with Crippen molar-refractivity contribution in [3.8, 4) is 11.1 Å². The molecular formula is C17H11FN2. The maximum atomic E-state index is 14.8. The molecule has 0 bridgehead atoms. The van der Waals surface area contributed by atoms with Crippen LogP contribution < -0.4 is 0 Å². The van der Waals surface area contributed by atoms with Crippen molar-refractivity contribution in [2.45, 2.75) is 0 Å². The summed E-state index contributed by atoms with van der Waals surface area (Å²) in [6.45, 7) is 0. The van der Waals surface area contributed by atoms with E-state index in [1.54, 1.807) is 16.8 Å². The number of benzene rings is 2. The Kier molecular flexibility index (Phi) is 2.33. The summed E-state index contributed by atoms with van der Waals surface area (Å²) in [7, 11) is 0.